The van der Waals surface area contributed by atoms with Gasteiger partial charge in [-0.3, -0.25) is 0 Å². The predicted octanol–water partition coefficient (Wildman–Crippen LogP) is 5.16. The van der Waals surface area contributed by atoms with Crippen molar-refractivity contribution in [2.24, 2.45) is 5.73 Å². The Hall–Kier alpha value is -2.84. The Morgan fingerprint density at radius 3 is 1.93 bits per heavy atom. The van der Waals surface area contributed by atoms with E-state index in [0.29, 0.717) is 13.8 Å². The van der Waals surface area contributed by atoms with Gasteiger partial charge >= 0.3 is 0 Å². The lowest BCUT2D eigenvalue weighted by Crippen LogP contribution is -2.14. The summed E-state index contributed by atoms with van der Waals surface area (Å²) >= 11 is 0. The molecule has 0 aliphatic heterocycles. The predicted molar refractivity (Wildman–Crippen MR) is 95.8 cm³/mol. The molecule has 1 aromatic carbocycles. The first-order chi connectivity index (χ1) is 12.3. The Labute approximate surface area is 153 Å². The second-order valence-corrected chi connectivity index (χ2v) is 6.19. The van der Waals surface area contributed by atoms with Crippen LogP contribution in [0.15, 0.2) is 30.8 Å². The summed E-state index contributed by atoms with van der Waals surface area (Å²) < 4.78 is 68.9. The van der Waals surface area contributed by atoms with Crippen molar-refractivity contribution in [3.63, 3.8) is 0 Å². The fourth-order valence-electron chi connectivity index (χ4n) is 2.35. The third-order valence-electron chi connectivity index (χ3n) is 3.77. The molecular formula is C18H19F5N4. The van der Waals surface area contributed by atoms with E-state index in [1.54, 1.807) is 0 Å². The molecule has 2 rings (SSSR count). The van der Waals surface area contributed by atoms with Gasteiger partial charge in [-0.15, -0.1) is 0 Å². The molecule has 1 aromatic heterocycles. The quantitative estimate of drug-likeness (QED) is 0.600. The molecule has 2 aromatic rings. The normalized spacial score (nSPS) is 12.0. The molecule has 0 fully saturated rings. The smallest absolute Gasteiger partial charge is 0.270 e. The summed E-state index contributed by atoms with van der Waals surface area (Å²) in [6.45, 7) is 4.72. The van der Waals surface area contributed by atoms with E-state index in [1.165, 1.54) is 7.05 Å². The zero-order chi connectivity index (χ0) is 20.6. The maximum Gasteiger partial charge on any atom is 0.270 e. The number of aromatic nitrogens is 1. The van der Waals surface area contributed by atoms with Crippen molar-refractivity contribution in [3.05, 3.63) is 53.4 Å². The molecular weight excluding hydrogens is 367 g/mol. The van der Waals surface area contributed by atoms with Crippen LogP contribution in [0.2, 0.25) is 0 Å². The number of benzene rings is 1. The molecule has 0 aliphatic carbocycles. The molecule has 0 spiro atoms. The van der Waals surface area contributed by atoms with Crippen LogP contribution in [0.5, 0.6) is 0 Å². The number of nitrogens with zero attached hydrogens (tertiary/aromatic N) is 1. The van der Waals surface area contributed by atoms with Gasteiger partial charge in [0.15, 0.2) is 11.6 Å². The lowest BCUT2D eigenvalue weighted by molar-refractivity contribution is 0.0107. The average molecular weight is 386 g/mol. The highest BCUT2D eigenvalue weighted by Gasteiger charge is 2.31. The minimum absolute atomic E-state index is 0.0183. The Morgan fingerprint density at radius 1 is 1.00 bits per heavy atom. The van der Waals surface area contributed by atoms with Gasteiger partial charge in [0.2, 0.25) is 0 Å². The van der Waals surface area contributed by atoms with E-state index in [1.807, 2.05) is 0 Å². The topological polar surface area (TPSA) is 63.0 Å². The number of anilines is 3. The van der Waals surface area contributed by atoms with Crippen molar-refractivity contribution < 1.29 is 22.0 Å². The summed E-state index contributed by atoms with van der Waals surface area (Å²) in [5.74, 6) is -7.55. The van der Waals surface area contributed by atoms with E-state index in [9.17, 15) is 22.0 Å². The number of rotatable bonds is 6. The lowest BCUT2D eigenvalue weighted by atomic mass is 10.0. The second-order valence-electron chi connectivity index (χ2n) is 6.19. The van der Waals surface area contributed by atoms with Crippen LogP contribution in [0.25, 0.3) is 5.70 Å². The first-order valence-corrected chi connectivity index (χ1v) is 7.84. The molecule has 1 heterocycles. The van der Waals surface area contributed by atoms with E-state index in [-0.39, 0.29) is 28.6 Å². The van der Waals surface area contributed by atoms with Crippen molar-refractivity contribution in [2.75, 3.05) is 17.7 Å². The summed E-state index contributed by atoms with van der Waals surface area (Å²) in [6.07, 6.45) is 0. The molecule has 0 amide bonds. The van der Waals surface area contributed by atoms with Gasteiger partial charge in [-0.05, 0) is 24.3 Å². The Kier molecular flexibility index (Phi) is 5.35. The summed E-state index contributed by atoms with van der Waals surface area (Å²) in [6, 6.07) is 3.83. The molecule has 146 valence electrons. The first-order valence-electron chi connectivity index (χ1n) is 7.84. The second kappa shape index (κ2) is 7.05. The van der Waals surface area contributed by atoms with Gasteiger partial charge in [0.1, 0.15) is 5.82 Å². The Bertz CT molecular complexity index is 837. The van der Waals surface area contributed by atoms with Crippen LogP contribution in [0.1, 0.15) is 30.5 Å². The van der Waals surface area contributed by atoms with Gasteiger partial charge in [0.05, 0.1) is 0 Å². The number of halogens is 5. The highest BCUT2D eigenvalue weighted by Crippen LogP contribution is 2.37. The molecule has 0 saturated heterocycles. The number of alkyl halides is 4. The molecule has 9 heteroatoms. The average Bonchev–Trinajstić information content (AvgIpc) is 2.54. The van der Waals surface area contributed by atoms with E-state index in [2.05, 4.69) is 22.2 Å². The largest absolute Gasteiger partial charge is 0.399 e. The lowest BCUT2D eigenvalue weighted by Gasteiger charge is -2.19. The van der Waals surface area contributed by atoms with Gasteiger partial charge in [-0.2, -0.15) is 0 Å². The monoisotopic (exact) mass is 386 g/mol. The fourth-order valence-corrected chi connectivity index (χ4v) is 2.35. The van der Waals surface area contributed by atoms with Crippen LogP contribution in [0.3, 0.4) is 0 Å². The summed E-state index contributed by atoms with van der Waals surface area (Å²) in [5.41, 5.74) is 4.38. The molecule has 4 N–H and O–H groups in total. The van der Waals surface area contributed by atoms with Gasteiger partial charge < -0.3 is 16.4 Å². The highest BCUT2D eigenvalue weighted by atomic mass is 19.3. The minimum Gasteiger partial charge on any atom is -0.399 e. The van der Waals surface area contributed by atoms with Gasteiger partial charge in [-0.25, -0.2) is 26.9 Å². The Morgan fingerprint density at radius 2 is 1.52 bits per heavy atom. The Balaban J connectivity index is 2.61. The van der Waals surface area contributed by atoms with Crippen molar-refractivity contribution in [2.45, 2.75) is 25.7 Å². The first kappa shape index (κ1) is 20.5. The number of nitrogens with one attached hydrogen (secondary N) is 2. The number of hydrogen-bond acceptors (Lipinski definition) is 4. The molecule has 27 heavy (non-hydrogen) atoms. The van der Waals surface area contributed by atoms with Crippen LogP contribution in [0, 0.1) is 5.82 Å². The van der Waals surface area contributed by atoms with Gasteiger partial charge in [0, 0.05) is 49.0 Å². The zero-order valence-electron chi connectivity index (χ0n) is 14.9. The molecule has 4 nitrogen and oxygen atoms in total. The minimum atomic E-state index is -3.34. The molecule has 0 unspecified atom stereocenters. The van der Waals surface area contributed by atoms with Crippen molar-refractivity contribution >= 4 is 23.0 Å². The van der Waals surface area contributed by atoms with Crippen LogP contribution in [-0.4, -0.2) is 12.0 Å². The summed E-state index contributed by atoms with van der Waals surface area (Å²) in [4.78, 5) is 3.98. The number of hydrogen-bond donors (Lipinski definition) is 3. The SMILES string of the molecule is C=C(N)c1cc(F)c(NC)nc1Nc1cc(C(C)(F)F)cc(C(C)(F)F)c1. The fraction of sp³-hybridized carbons (Fsp3) is 0.278. The number of nitrogens with two attached hydrogens (primary N) is 1. The maximum atomic E-state index is 13.9. The van der Waals surface area contributed by atoms with Gasteiger partial charge in [0.25, 0.3) is 11.8 Å². The van der Waals surface area contributed by atoms with Crippen LogP contribution >= 0.6 is 0 Å². The zero-order valence-corrected chi connectivity index (χ0v) is 14.9. The highest BCUT2D eigenvalue weighted by molar-refractivity contribution is 5.76. The van der Waals surface area contributed by atoms with Crippen LogP contribution in [0.4, 0.5) is 39.3 Å². The van der Waals surface area contributed by atoms with E-state index in [4.69, 9.17) is 5.73 Å². The van der Waals surface area contributed by atoms with Crippen molar-refractivity contribution in [1.29, 1.82) is 0 Å². The van der Waals surface area contributed by atoms with E-state index in [0.717, 1.165) is 24.3 Å². The van der Waals surface area contributed by atoms with E-state index >= 15 is 0 Å². The van der Waals surface area contributed by atoms with Crippen LogP contribution < -0.4 is 16.4 Å². The summed E-state index contributed by atoms with van der Waals surface area (Å²) in [7, 11) is 1.43. The van der Waals surface area contributed by atoms with Crippen molar-refractivity contribution in [1.82, 2.24) is 4.98 Å². The van der Waals surface area contributed by atoms with Crippen LogP contribution in [-0.2, 0) is 11.8 Å². The summed E-state index contributed by atoms with van der Waals surface area (Å²) in [5, 5.41) is 5.18. The van der Waals surface area contributed by atoms with E-state index < -0.39 is 28.8 Å². The molecule has 0 bridgehead atoms. The standard InChI is InChI=1S/C18H19F5N4/c1-9(24)13-8-14(19)16(25-4)27-15(13)26-12-6-10(17(2,20)21)5-11(7-12)18(3,22)23/h5-8H,1,24H2,2-4H3,(H2,25,26,27). The maximum absolute atomic E-state index is 13.9. The third-order valence-corrected chi connectivity index (χ3v) is 3.77. The molecule has 0 saturated carbocycles. The third kappa shape index (κ3) is 4.66. The molecule has 0 radical (unpaired) electrons. The molecule has 0 atom stereocenters. The number of pyridine rings is 1. The molecule has 0 aliphatic rings. The van der Waals surface area contributed by atoms with Gasteiger partial charge in [-0.1, -0.05) is 6.58 Å². The van der Waals surface area contributed by atoms with Crippen molar-refractivity contribution in [3.8, 4) is 0 Å².